The molecule has 0 unspecified atom stereocenters. The van der Waals surface area contributed by atoms with Crippen LogP contribution in [0.4, 0.5) is 11.5 Å². The first kappa shape index (κ1) is 11.0. The van der Waals surface area contributed by atoms with Crippen molar-refractivity contribution in [1.29, 1.82) is 0 Å². The molecule has 0 fully saturated rings. The van der Waals surface area contributed by atoms with Gasteiger partial charge in [0.05, 0.1) is 0 Å². The van der Waals surface area contributed by atoms with E-state index in [1.165, 1.54) is 18.1 Å². The molecule has 0 bridgehead atoms. The third kappa shape index (κ3) is 2.37. The normalized spacial score (nSPS) is 10.3. The van der Waals surface area contributed by atoms with E-state index in [0.717, 1.165) is 4.90 Å². The fraction of sp³-hybridized carbons (Fsp3) is 0. The van der Waals surface area contributed by atoms with Crippen LogP contribution in [0, 0.1) is 0 Å². The lowest BCUT2D eigenvalue weighted by Crippen LogP contribution is -2.00. The van der Waals surface area contributed by atoms with Gasteiger partial charge < -0.3 is 11.5 Å². The molecule has 0 saturated carbocycles. The van der Waals surface area contributed by atoms with Gasteiger partial charge in [-0.25, -0.2) is 9.97 Å². The Labute approximate surface area is 102 Å². The van der Waals surface area contributed by atoms with E-state index in [0.29, 0.717) is 21.6 Å². The van der Waals surface area contributed by atoms with E-state index >= 15 is 0 Å². The van der Waals surface area contributed by atoms with Gasteiger partial charge in [0, 0.05) is 9.92 Å². The Morgan fingerprint density at radius 3 is 2.44 bits per heavy atom. The largest absolute Gasteiger partial charge is 0.394 e. The molecular weight excluding hydrogens is 244 g/mol. The van der Waals surface area contributed by atoms with Crippen LogP contribution in [0.15, 0.2) is 40.5 Å². The van der Waals surface area contributed by atoms with Crippen molar-refractivity contribution in [1.82, 2.24) is 9.97 Å². The SMILES string of the molecule is Nc1ncnc(Sc2ccc(Cl)cc2)c1N. The average Bonchev–Trinajstić information content (AvgIpc) is 2.28. The molecule has 0 aliphatic rings. The molecule has 6 heteroatoms. The van der Waals surface area contributed by atoms with E-state index in [9.17, 15) is 0 Å². The molecule has 0 amide bonds. The Kier molecular flexibility index (Phi) is 3.17. The van der Waals surface area contributed by atoms with Gasteiger partial charge in [0.15, 0.2) is 5.82 Å². The zero-order valence-electron chi connectivity index (χ0n) is 8.22. The number of hydrogen-bond donors (Lipinski definition) is 2. The van der Waals surface area contributed by atoms with Gasteiger partial charge in [0.2, 0.25) is 0 Å². The Balaban J connectivity index is 2.27. The number of nitrogens with zero attached hydrogens (tertiary/aromatic N) is 2. The quantitative estimate of drug-likeness (QED) is 0.803. The maximum Gasteiger partial charge on any atom is 0.151 e. The molecule has 2 rings (SSSR count). The molecule has 82 valence electrons. The van der Waals surface area contributed by atoms with Crippen LogP contribution in [0.3, 0.4) is 0 Å². The first-order valence-electron chi connectivity index (χ1n) is 4.46. The summed E-state index contributed by atoms with van der Waals surface area (Å²) in [6.45, 7) is 0. The van der Waals surface area contributed by atoms with E-state index in [2.05, 4.69) is 9.97 Å². The lowest BCUT2D eigenvalue weighted by atomic mass is 10.4. The third-order valence-electron chi connectivity index (χ3n) is 1.91. The molecule has 0 aliphatic heterocycles. The highest BCUT2D eigenvalue weighted by Crippen LogP contribution is 2.32. The molecule has 0 saturated heterocycles. The predicted octanol–water partition coefficient (Wildman–Crippen LogP) is 2.45. The van der Waals surface area contributed by atoms with E-state index in [1.54, 1.807) is 0 Å². The van der Waals surface area contributed by atoms with Crippen molar-refractivity contribution in [3.05, 3.63) is 35.6 Å². The van der Waals surface area contributed by atoms with Crippen LogP contribution in [0.25, 0.3) is 0 Å². The molecule has 0 spiro atoms. The highest BCUT2D eigenvalue weighted by Gasteiger charge is 2.06. The number of nitrogen functional groups attached to an aromatic ring is 2. The molecule has 4 nitrogen and oxygen atoms in total. The van der Waals surface area contributed by atoms with Crippen molar-refractivity contribution in [3.63, 3.8) is 0 Å². The molecule has 16 heavy (non-hydrogen) atoms. The van der Waals surface area contributed by atoms with Crippen molar-refractivity contribution in [2.75, 3.05) is 11.5 Å². The Morgan fingerprint density at radius 1 is 1.06 bits per heavy atom. The number of aromatic nitrogens is 2. The van der Waals surface area contributed by atoms with E-state index in [4.69, 9.17) is 23.1 Å². The minimum absolute atomic E-state index is 0.298. The van der Waals surface area contributed by atoms with Crippen molar-refractivity contribution in [2.45, 2.75) is 9.92 Å². The van der Waals surface area contributed by atoms with Crippen molar-refractivity contribution >= 4 is 34.9 Å². The zero-order valence-corrected chi connectivity index (χ0v) is 9.79. The maximum absolute atomic E-state index is 5.79. The highest BCUT2D eigenvalue weighted by molar-refractivity contribution is 7.99. The molecule has 1 aromatic carbocycles. The summed E-state index contributed by atoms with van der Waals surface area (Å²) < 4.78 is 0. The Hall–Kier alpha value is -1.46. The average molecular weight is 253 g/mol. The van der Waals surface area contributed by atoms with E-state index in [-0.39, 0.29) is 0 Å². The summed E-state index contributed by atoms with van der Waals surface area (Å²) in [5.41, 5.74) is 11.8. The van der Waals surface area contributed by atoms with Crippen LogP contribution >= 0.6 is 23.4 Å². The second-order valence-electron chi connectivity index (χ2n) is 3.03. The van der Waals surface area contributed by atoms with Crippen LogP contribution < -0.4 is 11.5 Å². The van der Waals surface area contributed by atoms with Crippen LogP contribution in [0.5, 0.6) is 0 Å². The predicted molar refractivity (Wildman–Crippen MR) is 66.4 cm³/mol. The number of rotatable bonds is 2. The van der Waals surface area contributed by atoms with Crippen molar-refractivity contribution in [3.8, 4) is 0 Å². The monoisotopic (exact) mass is 252 g/mol. The fourth-order valence-electron chi connectivity index (χ4n) is 1.09. The molecular formula is C10H9ClN4S. The molecule has 2 aromatic rings. The maximum atomic E-state index is 5.79. The number of halogens is 1. The van der Waals surface area contributed by atoms with Gasteiger partial charge in [-0.15, -0.1) is 0 Å². The minimum atomic E-state index is 0.298. The highest BCUT2D eigenvalue weighted by atomic mass is 35.5. The Morgan fingerprint density at radius 2 is 1.75 bits per heavy atom. The molecule has 1 aromatic heterocycles. The molecule has 4 N–H and O–H groups in total. The third-order valence-corrected chi connectivity index (χ3v) is 3.18. The number of anilines is 2. The molecule has 0 atom stereocenters. The summed E-state index contributed by atoms with van der Waals surface area (Å²) in [6, 6.07) is 7.41. The molecule has 0 radical (unpaired) electrons. The summed E-state index contributed by atoms with van der Waals surface area (Å²) >= 11 is 7.21. The first-order chi connectivity index (χ1) is 7.66. The Bertz CT molecular complexity index is 501. The number of hydrogen-bond acceptors (Lipinski definition) is 5. The van der Waals surface area contributed by atoms with Gasteiger partial charge >= 0.3 is 0 Å². The van der Waals surface area contributed by atoms with Crippen LogP contribution in [-0.2, 0) is 0 Å². The molecule has 1 heterocycles. The van der Waals surface area contributed by atoms with Crippen LogP contribution in [0.1, 0.15) is 0 Å². The topological polar surface area (TPSA) is 77.8 Å². The number of benzene rings is 1. The summed E-state index contributed by atoms with van der Waals surface area (Å²) in [4.78, 5) is 8.87. The summed E-state index contributed by atoms with van der Waals surface area (Å²) in [7, 11) is 0. The van der Waals surface area contributed by atoms with Gasteiger partial charge in [-0.05, 0) is 24.3 Å². The van der Waals surface area contributed by atoms with Gasteiger partial charge in [-0.3, -0.25) is 0 Å². The molecule has 0 aliphatic carbocycles. The minimum Gasteiger partial charge on any atom is -0.394 e. The van der Waals surface area contributed by atoms with E-state index in [1.807, 2.05) is 24.3 Å². The van der Waals surface area contributed by atoms with Crippen molar-refractivity contribution in [2.24, 2.45) is 0 Å². The smallest absolute Gasteiger partial charge is 0.151 e. The summed E-state index contributed by atoms with van der Waals surface area (Å²) in [5, 5.41) is 1.34. The lowest BCUT2D eigenvalue weighted by molar-refractivity contribution is 1.06. The standard InChI is InChI=1S/C10H9ClN4S/c11-6-1-3-7(4-2-6)16-10-8(12)9(13)14-5-15-10/h1-5H,12H2,(H2,13,14,15). The lowest BCUT2D eigenvalue weighted by Gasteiger charge is -2.05. The first-order valence-corrected chi connectivity index (χ1v) is 5.65. The zero-order chi connectivity index (χ0) is 11.5. The van der Waals surface area contributed by atoms with Crippen molar-refractivity contribution < 1.29 is 0 Å². The van der Waals surface area contributed by atoms with Crippen LogP contribution in [0.2, 0.25) is 5.02 Å². The van der Waals surface area contributed by atoms with Crippen LogP contribution in [-0.4, -0.2) is 9.97 Å². The summed E-state index contributed by atoms with van der Waals surface area (Å²) in [6.07, 6.45) is 1.39. The van der Waals surface area contributed by atoms with Gasteiger partial charge in [-0.2, -0.15) is 0 Å². The van der Waals surface area contributed by atoms with E-state index < -0.39 is 0 Å². The second kappa shape index (κ2) is 4.59. The second-order valence-corrected chi connectivity index (χ2v) is 4.53. The fourth-order valence-corrected chi connectivity index (χ4v) is 2.02. The summed E-state index contributed by atoms with van der Waals surface area (Å²) in [5.74, 6) is 0.298. The van der Waals surface area contributed by atoms with Gasteiger partial charge in [0.1, 0.15) is 17.0 Å². The number of nitrogens with two attached hydrogens (primary N) is 2. The van der Waals surface area contributed by atoms with Gasteiger partial charge in [-0.1, -0.05) is 23.4 Å². The van der Waals surface area contributed by atoms with Gasteiger partial charge in [0.25, 0.3) is 0 Å².